The molecule has 8 nitrogen and oxygen atoms in total. The summed E-state index contributed by atoms with van der Waals surface area (Å²) in [6.07, 6.45) is 1.61. The van der Waals surface area contributed by atoms with Gasteiger partial charge in [0.2, 0.25) is 5.91 Å². The molecule has 0 aliphatic rings. The lowest BCUT2D eigenvalue weighted by Crippen LogP contribution is -2.41. The van der Waals surface area contributed by atoms with E-state index in [1.165, 1.54) is 11.8 Å². The number of benzene rings is 1. The number of hydrogen-bond acceptors (Lipinski definition) is 6. The minimum Gasteiger partial charge on any atom is -0.469 e. The molecular formula is C20H23N5O3S. The molecule has 29 heavy (non-hydrogen) atoms. The standard InChI is InChI=1S/C20H23N5O3S/c1-4-21-19(27)22-18(26)16(14-9-7-6-8-10-14)29-20-24-23-17(25(20)5-2)15-11-12-28-13(15)3/h6-12,16H,4-5H2,1-3H3,(H2,21,22,26,27). The first kappa shape index (κ1) is 20.7. The Balaban J connectivity index is 1.92. The van der Waals surface area contributed by atoms with E-state index in [1.807, 2.05) is 54.8 Å². The number of thioether (sulfide) groups is 1. The monoisotopic (exact) mass is 413 g/mol. The lowest BCUT2D eigenvalue weighted by atomic mass is 10.1. The molecule has 0 radical (unpaired) electrons. The molecule has 152 valence electrons. The van der Waals surface area contributed by atoms with Gasteiger partial charge in [-0.05, 0) is 32.4 Å². The van der Waals surface area contributed by atoms with Crippen molar-refractivity contribution in [1.29, 1.82) is 0 Å². The fourth-order valence-electron chi connectivity index (χ4n) is 2.87. The SMILES string of the molecule is CCNC(=O)NC(=O)C(Sc1nnc(-c2ccoc2C)n1CC)c1ccccc1. The second kappa shape index (κ2) is 9.42. The molecule has 2 aromatic heterocycles. The fourth-order valence-corrected chi connectivity index (χ4v) is 3.97. The van der Waals surface area contributed by atoms with E-state index >= 15 is 0 Å². The van der Waals surface area contributed by atoms with Gasteiger partial charge in [0.1, 0.15) is 11.0 Å². The maximum absolute atomic E-state index is 12.9. The molecule has 3 rings (SSSR count). The summed E-state index contributed by atoms with van der Waals surface area (Å²) in [6.45, 7) is 6.69. The van der Waals surface area contributed by atoms with Crippen molar-refractivity contribution < 1.29 is 14.0 Å². The van der Waals surface area contributed by atoms with Crippen LogP contribution in [0.5, 0.6) is 0 Å². The molecule has 2 heterocycles. The molecule has 0 saturated carbocycles. The average Bonchev–Trinajstić information content (AvgIpc) is 3.31. The largest absolute Gasteiger partial charge is 0.469 e. The first-order valence-electron chi connectivity index (χ1n) is 9.33. The van der Waals surface area contributed by atoms with Crippen LogP contribution in [0.1, 0.15) is 30.4 Å². The Kier molecular flexibility index (Phi) is 6.71. The zero-order valence-corrected chi connectivity index (χ0v) is 17.3. The average molecular weight is 414 g/mol. The van der Waals surface area contributed by atoms with Gasteiger partial charge in [-0.2, -0.15) is 0 Å². The van der Waals surface area contributed by atoms with Crippen LogP contribution in [0.3, 0.4) is 0 Å². The summed E-state index contributed by atoms with van der Waals surface area (Å²) in [5.41, 5.74) is 1.63. The van der Waals surface area contributed by atoms with Gasteiger partial charge in [-0.25, -0.2) is 4.79 Å². The summed E-state index contributed by atoms with van der Waals surface area (Å²) >= 11 is 1.25. The maximum Gasteiger partial charge on any atom is 0.321 e. The van der Waals surface area contributed by atoms with Crippen molar-refractivity contribution in [2.45, 2.75) is 37.7 Å². The number of imide groups is 1. The number of carbonyl (C=O) groups is 2. The highest BCUT2D eigenvalue weighted by atomic mass is 32.2. The summed E-state index contributed by atoms with van der Waals surface area (Å²) in [7, 11) is 0. The second-order valence-electron chi connectivity index (χ2n) is 6.20. The molecule has 1 atom stereocenters. The molecule has 2 N–H and O–H groups in total. The van der Waals surface area contributed by atoms with Crippen molar-refractivity contribution in [3.8, 4) is 11.4 Å². The third-order valence-corrected chi connectivity index (χ3v) is 5.51. The number of carbonyl (C=O) groups excluding carboxylic acids is 2. The van der Waals surface area contributed by atoms with Crippen LogP contribution < -0.4 is 10.6 Å². The predicted molar refractivity (Wildman–Crippen MR) is 110 cm³/mol. The molecule has 3 aromatic rings. The highest BCUT2D eigenvalue weighted by molar-refractivity contribution is 8.00. The van der Waals surface area contributed by atoms with Crippen LogP contribution in [0.4, 0.5) is 4.79 Å². The molecule has 0 aliphatic heterocycles. The van der Waals surface area contributed by atoms with Gasteiger partial charge in [0.15, 0.2) is 11.0 Å². The quantitative estimate of drug-likeness (QED) is 0.575. The maximum atomic E-state index is 12.9. The van der Waals surface area contributed by atoms with Crippen molar-refractivity contribution in [3.05, 3.63) is 54.0 Å². The zero-order valence-electron chi connectivity index (χ0n) is 16.5. The Bertz CT molecular complexity index is 983. The van der Waals surface area contributed by atoms with Crippen molar-refractivity contribution in [1.82, 2.24) is 25.4 Å². The Morgan fingerprint density at radius 3 is 2.55 bits per heavy atom. The van der Waals surface area contributed by atoms with E-state index in [9.17, 15) is 9.59 Å². The van der Waals surface area contributed by atoms with E-state index < -0.39 is 17.2 Å². The Morgan fingerprint density at radius 2 is 1.93 bits per heavy atom. The third kappa shape index (κ3) is 4.68. The van der Waals surface area contributed by atoms with E-state index in [4.69, 9.17) is 4.42 Å². The number of urea groups is 1. The predicted octanol–water partition coefficient (Wildman–Crippen LogP) is 3.55. The van der Waals surface area contributed by atoms with Crippen LogP contribution >= 0.6 is 11.8 Å². The number of hydrogen-bond donors (Lipinski definition) is 2. The van der Waals surface area contributed by atoms with Crippen molar-refractivity contribution in [2.75, 3.05) is 6.54 Å². The van der Waals surface area contributed by atoms with E-state index in [1.54, 1.807) is 13.2 Å². The molecule has 3 amide bonds. The van der Waals surface area contributed by atoms with E-state index in [-0.39, 0.29) is 0 Å². The second-order valence-corrected chi connectivity index (χ2v) is 7.27. The first-order valence-corrected chi connectivity index (χ1v) is 10.2. The van der Waals surface area contributed by atoms with Crippen molar-refractivity contribution in [2.24, 2.45) is 0 Å². The van der Waals surface area contributed by atoms with E-state index in [0.29, 0.717) is 24.1 Å². The zero-order chi connectivity index (χ0) is 20.8. The fraction of sp³-hybridized carbons (Fsp3) is 0.300. The van der Waals surface area contributed by atoms with Gasteiger partial charge >= 0.3 is 6.03 Å². The molecular weight excluding hydrogens is 390 g/mol. The van der Waals surface area contributed by atoms with Crippen LogP contribution in [-0.2, 0) is 11.3 Å². The first-order chi connectivity index (χ1) is 14.0. The van der Waals surface area contributed by atoms with Gasteiger partial charge in [-0.3, -0.25) is 10.1 Å². The summed E-state index contributed by atoms with van der Waals surface area (Å²) < 4.78 is 7.31. The molecule has 0 bridgehead atoms. The summed E-state index contributed by atoms with van der Waals surface area (Å²) in [5.74, 6) is 1.01. The van der Waals surface area contributed by atoms with Crippen LogP contribution in [0, 0.1) is 6.92 Å². The number of nitrogens with one attached hydrogen (secondary N) is 2. The number of amides is 3. The van der Waals surface area contributed by atoms with Gasteiger partial charge < -0.3 is 14.3 Å². The minimum atomic E-state index is -0.661. The summed E-state index contributed by atoms with van der Waals surface area (Å²) in [5, 5.41) is 13.5. The van der Waals surface area contributed by atoms with Crippen LogP contribution in [-0.4, -0.2) is 33.2 Å². The Hall–Kier alpha value is -3.07. The Morgan fingerprint density at radius 1 is 1.17 bits per heavy atom. The summed E-state index contributed by atoms with van der Waals surface area (Å²) in [4.78, 5) is 24.7. The van der Waals surface area contributed by atoms with Crippen molar-refractivity contribution >= 4 is 23.7 Å². The van der Waals surface area contributed by atoms with E-state index in [0.717, 1.165) is 16.9 Å². The molecule has 1 aromatic carbocycles. The number of furan rings is 1. The molecule has 0 saturated heterocycles. The molecule has 0 aliphatic carbocycles. The normalized spacial score (nSPS) is 11.8. The van der Waals surface area contributed by atoms with Crippen LogP contribution in [0.15, 0.2) is 52.2 Å². The lowest BCUT2D eigenvalue weighted by molar-refractivity contribution is -0.119. The van der Waals surface area contributed by atoms with E-state index in [2.05, 4.69) is 20.8 Å². The lowest BCUT2D eigenvalue weighted by Gasteiger charge is -2.16. The highest BCUT2D eigenvalue weighted by Gasteiger charge is 2.27. The van der Waals surface area contributed by atoms with Gasteiger partial charge in [-0.15, -0.1) is 10.2 Å². The smallest absolute Gasteiger partial charge is 0.321 e. The van der Waals surface area contributed by atoms with Crippen LogP contribution in [0.2, 0.25) is 0 Å². The van der Waals surface area contributed by atoms with Gasteiger partial charge in [0.05, 0.1) is 11.8 Å². The van der Waals surface area contributed by atoms with Crippen LogP contribution in [0.25, 0.3) is 11.4 Å². The Labute approximate surface area is 173 Å². The van der Waals surface area contributed by atoms with Gasteiger partial charge in [0, 0.05) is 13.1 Å². The molecule has 0 spiro atoms. The number of aryl methyl sites for hydroxylation is 1. The van der Waals surface area contributed by atoms with Gasteiger partial charge in [-0.1, -0.05) is 42.1 Å². The molecule has 1 unspecified atom stereocenters. The van der Waals surface area contributed by atoms with Crippen molar-refractivity contribution in [3.63, 3.8) is 0 Å². The summed E-state index contributed by atoms with van der Waals surface area (Å²) in [6, 6.07) is 10.6. The minimum absolute atomic E-state index is 0.418. The third-order valence-electron chi connectivity index (χ3n) is 4.27. The number of rotatable bonds is 7. The topological polar surface area (TPSA) is 102 Å². The number of aromatic nitrogens is 3. The molecule has 0 fully saturated rings. The van der Waals surface area contributed by atoms with Gasteiger partial charge in [0.25, 0.3) is 0 Å². The molecule has 9 heteroatoms. The number of nitrogens with zero attached hydrogens (tertiary/aromatic N) is 3. The highest BCUT2D eigenvalue weighted by Crippen LogP contribution is 2.36.